The van der Waals surface area contributed by atoms with Crippen molar-refractivity contribution in [3.8, 4) is 0 Å². The highest BCUT2D eigenvalue weighted by atomic mass is 32.2. The minimum absolute atomic E-state index is 0.213. The fourth-order valence-electron chi connectivity index (χ4n) is 1.56. The zero-order valence-electron chi connectivity index (χ0n) is 10.1. The lowest BCUT2D eigenvalue weighted by Gasteiger charge is -2.10. The number of nitrogens with one attached hydrogen (secondary N) is 1. The molecule has 1 unspecified atom stereocenters. The number of rotatable bonds is 7. The Balaban J connectivity index is 2.26. The molecule has 16 heavy (non-hydrogen) atoms. The maximum Gasteiger partial charge on any atom is 0.0664 e. The monoisotopic (exact) mass is 239 g/mol. The van der Waals surface area contributed by atoms with Crippen LogP contribution in [0.15, 0.2) is 29.2 Å². The summed E-state index contributed by atoms with van der Waals surface area (Å²) in [5.41, 5.74) is 1.27. The lowest BCUT2D eigenvalue weighted by Crippen LogP contribution is -2.26. The van der Waals surface area contributed by atoms with Crippen LogP contribution in [-0.2, 0) is 6.54 Å². The highest BCUT2D eigenvalue weighted by molar-refractivity contribution is 7.98. The number of aliphatic hydroxyl groups excluding tert-OH is 1. The van der Waals surface area contributed by atoms with Crippen LogP contribution in [0.2, 0.25) is 0 Å². The van der Waals surface area contributed by atoms with Crippen molar-refractivity contribution in [1.29, 1.82) is 0 Å². The summed E-state index contributed by atoms with van der Waals surface area (Å²) < 4.78 is 0. The number of thioether (sulfide) groups is 1. The minimum atomic E-state index is -0.213. The van der Waals surface area contributed by atoms with Gasteiger partial charge in [0.25, 0.3) is 0 Å². The van der Waals surface area contributed by atoms with E-state index in [1.54, 1.807) is 11.8 Å². The summed E-state index contributed by atoms with van der Waals surface area (Å²) in [6, 6.07) is 8.52. The van der Waals surface area contributed by atoms with Crippen LogP contribution in [0.5, 0.6) is 0 Å². The quantitative estimate of drug-likeness (QED) is 0.718. The third kappa shape index (κ3) is 5.01. The number of hydrogen-bond acceptors (Lipinski definition) is 3. The molecule has 0 radical (unpaired) electrons. The number of aliphatic hydroxyl groups is 1. The Morgan fingerprint density at radius 1 is 1.31 bits per heavy atom. The van der Waals surface area contributed by atoms with E-state index >= 15 is 0 Å². The van der Waals surface area contributed by atoms with Crippen LogP contribution < -0.4 is 5.32 Å². The second kappa shape index (κ2) is 7.71. The summed E-state index contributed by atoms with van der Waals surface area (Å²) in [6.45, 7) is 3.60. The average molecular weight is 239 g/mol. The zero-order valence-corrected chi connectivity index (χ0v) is 10.9. The first-order valence-corrected chi connectivity index (χ1v) is 7.00. The van der Waals surface area contributed by atoms with Crippen molar-refractivity contribution in [2.45, 2.75) is 37.3 Å². The largest absolute Gasteiger partial charge is 0.392 e. The van der Waals surface area contributed by atoms with Crippen LogP contribution in [0.25, 0.3) is 0 Å². The Kier molecular flexibility index (Phi) is 6.53. The summed E-state index contributed by atoms with van der Waals surface area (Å²) in [5, 5.41) is 12.8. The van der Waals surface area contributed by atoms with E-state index in [9.17, 15) is 5.11 Å². The molecule has 0 spiro atoms. The van der Waals surface area contributed by atoms with Crippen molar-refractivity contribution in [3.63, 3.8) is 0 Å². The van der Waals surface area contributed by atoms with Crippen LogP contribution in [0.1, 0.15) is 25.3 Å². The standard InChI is InChI=1S/C13H21NOS/c1-3-4-12(15)10-14-9-11-5-7-13(16-2)8-6-11/h5-8,12,14-15H,3-4,9-10H2,1-2H3. The molecule has 0 bridgehead atoms. The third-order valence-corrected chi connectivity index (χ3v) is 3.23. The molecule has 0 heterocycles. The Morgan fingerprint density at radius 2 is 2.00 bits per heavy atom. The third-order valence-electron chi connectivity index (χ3n) is 2.49. The molecule has 1 aromatic carbocycles. The maximum absolute atomic E-state index is 9.54. The highest BCUT2D eigenvalue weighted by Crippen LogP contribution is 2.14. The normalized spacial score (nSPS) is 12.7. The van der Waals surface area contributed by atoms with Crippen molar-refractivity contribution in [1.82, 2.24) is 5.32 Å². The van der Waals surface area contributed by atoms with Gasteiger partial charge >= 0.3 is 0 Å². The van der Waals surface area contributed by atoms with Crippen molar-refractivity contribution >= 4 is 11.8 Å². The van der Waals surface area contributed by atoms with E-state index in [1.807, 2.05) is 0 Å². The van der Waals surface area contributed by atoms with E-state index < -0.39 is 0 Å². The molecule has 0 saturated carbocycles. The molecule has 2 N–H and O–H groups in total. The molecule has 90 valence electrons. The highest BCUT2D eigenvalue weighted by Gasteiger charge is 2.01. The summed E-state index contributed by atoms with van der Waals surface area (Å²) in [5.74, 6) is 0. The summed E-state index contributed by atoms with van der Waals surface area (Å²) in [6.07, 6.45) is 3.77. The summed E-state index contributed by atoms with van der Waals surface area (Å²) in [7, 11) is 0. The molecular weight excluding hydrogens is 218 g/mol. The smallest absolute Gasteiger partial charge is 0.0664 e. The Bertz CT molecular complexity index is 286. The van der Waals surface area contributed by atoms with Gasteiger partial charge in [0.15, 0.2) is 0 Å². The fourth-order valence-corrected chi connectivity index (χ4v) is 1.97. The Morgan fingerprint density at radius 3 is 2.56 bits per heavy atom. The Hall–Kier alpha value is -0.510. The molecule has 0 aliphatic carbocycles. The van der Waals surface area contributed by atoms with Gasteiger partial charge < -0.3 is 10.4 Å². The molecule has 2 nitrogen and oxygen atoms in total. The van der Waals surface area contributed by atoms with Crippen LogP contribution >= 0.6 is 11.8 Å². The molecule has 0 saturated heterocycles. The van der Waals surface area contributed by atoms with Gasteiger partial charge in [0.2, 0.25) is 0 Å². The molecule has 3 heteroatoms. The molecule has 0 amide bonds. The van der Waals surface area contributed by atoms with Gasteiger partial charge in [-0.2, -0.15) is 0 Å². The molecule has 1 rings (SSSR count). The average Bonchev–Trinajstić information content (AvgIpc) is 2.30. The predicted molar refractivity (Wildman–Crippen MR) is 70.8 cm³/mol. The van der Waals surface area contributed by atoms with Crippen molar-refractivity contribution in [2.75, 3.05) is 12.8 Å². The fraction of sp³-hybridized carbons (Fsp3) is 0.538. The molecule has 1 aromatic rings. The second-order valence-electron chi connectivity index (χ2n) is 3.92. The first-order valence-electron chi connectivity index (χ1n) is 5.78. The molecule has 1 atom stereocenters. The summed E-state index contributed by atoms with van der Waals surface area (Å²) in [4.78, 5) is 1.29. The predicted octanol–water partition coefficient (Wildman–Crippen LogP) is 2.66. The van der Waals surface area contributed by atoms with Gasteiger partial charge in [-0.25, -0.2) is 0 Å². The van der Waals surface area contributed by atoms with Crippen molar-refractivity contribution < 1.29 is 5.11 Å². The topological polar surface area (TPSA) is 32.3 Å². The first-order chi connectivity index (χ1) is 7.76. The van der Waals surface area contributed by atoms with Crippen molar-refractivity contribution in [3.05, 3.63) is 29.8 Å². The van der Waals surface area contributed by atoms with E-state index in [4.69, 9.17) is 0 Å². The van der Waals surface area contributed by atoms with E-state index in [0.717, 1.165) is 19.4 Å². The lowest BCUT2D eigenvalue weighted by molar-refractivity contribution is 0.160. The van der Waals surface area contributed by atoms with Crippen LogP contribution in [0.4, 0.5) is 0 Å². The minimum Gasteiger partial charge on any atom is -0.392 e. The van der Waals surface area contributed by atoms with Crippen molar-refractivity contribution in [2.24, 2.45) is 0 Å². The molecule has 0 aliphatic heterocycles. The number of benzene rings is 1. The van der Waals surface area contributed by atoms with E-state index in [1.165, 1.54) is 10.5 Å². The van der Waals surface area contributed by atoms with Gasteiger partial charge in [-0.1, -0.05) is 25.5 Å². The zero-order chi connectivity index (χ0) is 11.8. The first kappa shape index (κ1) is 13.6. The van der Waals surface area contributed by atoms with E-state index in [0.29, 0.717) is 6.54 Å². The van der Waals surface area contributed by atoms with Crippen LogP contribution in [0.3, 0.4) is 0 Å². The van der Waals surface area contributed by atoms with Gasteiger partial charge in [0, 0.05) is 18.0 Å². The van der Waals surface area contributed by atoms with E-state index in [-0.39, 0.29) is 6.10 Å². The molecular formula is C13H21NOS. The van der Waals surface area contributed by atoms with Gasteiger partial charge in [-0.05, 0) is 30.4 Å². The summed E-state index contributed by atoms with van der Waals surface area (Å²) >= 11 is 1.75. The molecule has 0 aliphatic rings. The van der Waals surface area contributed by atoms with Crippen LogP contribution in [-0.4, -0.2) is 24.0 Å². The van der Waals surface area contributed by atoms with Gasteiger partial charge in [0.1, 0.15) is 0 Å². The molecule has 0 fully saturated rings. The van der Waals surface area contributed by atoms with Crippen LogP contribution in [0, 0.1) is 0 Å². The van der Waals surface area contributed by atoms with Gasteiger partial charge in [-0.15, -0.1) is 11.8 Å². The molecule has 0 aromatic heterocycles. The Labute approximate surface area is 102 Å². The lowest BCUT2D eigenvalue weighted by atomic mass is 10.2. The number of hydrogen-bond donors (Lipinski definition) is 2. The van der Waals surface area contributed by atoms with Gasteiger partial charge in [-0.3, -0.25) is 0 Å². The van der Waals surface area contributed by atoms with E-state index in [2.05, 4.69) is 42.8 Å². The maximum atomic E-state index is 9.54. The van der Waals surface area contributed by atoms with Gasteiger partial charge in [0.05, 0.1) is 6.10 Å². The SMILES string of the molecule is CCCC(O)CNCc1ccc(SC)cc1. The second-order valence-corrected chi connectivity index (χ2v) is 4.80.